The summed E-state index contributed by atoms with van der Waals surface area (Å²) in [5.41, 5.74) is 1.43. The van der Waals surface area contributed by atoms with Crippen molar-refractivity contribution in [1.29, 1.82) is 0 Å². The molecule has 2 rings (SSSR count). The van der Waals surface area contributed by atoms with Gasteiger partial charge >= 0.3 is 5.97 Å². The maximum absolute atomic E-state index is 11.2. The van der Waals surface area contributed by atoms with Gasteiger partial charge in [0.25, 0.3) is 0 Å². The molecule has 1 aromatic carbocycles. The summed E-state index contributed by atoms with van der Waals surface area (Å²) in [5, 5.41) is 10.4. The third-order valence-electron chi connectivity index (χ3n) is 2.48. The van der Waals surface area contributed by atoms with Gasteiger partial charge in [-0.3, -0.25) is 0 Å². The van der Waals surface area contributed by atoms with E-state index in [0.29, 0.717) is 27.0 Å². The highest BCUT2D eigenvalue weighted by Gasteiger charge is 2.18. The number of hydrogen-bond acceptors (Lipinski definition) is 3. The van der Waals surface area contributed by atoms with E-state index in [9.17, 15) is 4.79 Å². The van der Waals surface area contributed by atoms with E-state index >= 15 is 0 Å². The molecule has 3 nitrogen and oxygen atoms in total. The van der Waals surface area contributed by atoms with Crippen molar-refractivity contribution in [3.63, 3.8) is 0 Å². The van der Waals surface area contributed by atoms with Gasteiger partial charge in [0, 0.05) is 5.56 Å². The fourth-order valence-corrected chi connectivity index (χ4v) is 2.95. The van der Waals surface area contributed by atoms with Crippen molar-refractivity contribution in [2.45, 2.75) is 19.8 Å². The molecule has 2 aromatic rings. The van der Waals surface area contributed by atoms with Crippen LogP contribution in [0.1, 0.15) is 28.7 Å². The lowest BCUT2D eigenvalue weighted by molar-refractivity contribution is 0.0700. The minimum atomic E-state index is -0.922. The van der Waals surface area contributed by atoms with Crippen LogP contribution in [-0.2, 0) is 6.42 Å². The van der Waals surface area contributed by atoms with E-state index in [1.165, 1.54) is 11.3 Å². The molecule has 0 radical (unpaired) electrons. The van der Waals surface area contributed by atoms with Crippen molar-refractivity contribution >= 4 is 28.9 Å². The first kappa shape index (κ1) is 13.1. The molecule has 0 bridgehead atoms. The zero-order valence-corrected chi connectivity index (χ0v) is 11.4. The number of rotatable bonds is 4. The SMILES string of the molecule is CCCc1nc(-c2ccccc2Cl)sc1C(=O)O. The molecule has 1 heterocycles. The Kier molecular flexibility index (Phi) is 3.99. The fraction of sp³-hybridized carbons (Fsp3) is 0.231. The number of aromatic carboxylic acids is 1. The first-order valence-electron chi connectivity index (χ1n) is 5.61. The molecule has 0 unspecified atom stereocenters. The van der Waals surface area contributed by atoms with Crippen LogP contribution in [0.2, 0.25) is 5.02 Å². The number of benzene rings is 1. The Morgan fingerprint density at radius 2 is 2.17 bits per heavy atom. The average Bonchev–Trinajstić information content (AvgIpc) is 2.74. The van der Waals surface area contributed by atoms with Crippen LogP contribution in [0.3, 0.4) is 0 Å². The second-order valence-electron chi connectivity index (χ2n) is 3.83. The van der Waals surface area contributed by atoms with Gasteiger partial charge in [-0.05, 0) is 12.5 Å². The number of halogens is 1. The predicted octanol–water partition coefficient (Wildman–Crippen LogP) is 4.11. The van der Waals surface area contributed by atoms with Crippen molar-refractivity contribution in [3.8, 4) is 10.6 Å². The Hall–Kier alpha value is -1.39. The van der Waals surface area contributed by atoms with E-state index in [-0.39, 0.29) is 0 Å². The summed E-state index contributed by atoms with van der Waals surface area (Å²) in [4.78, 5) is 15.9. The lowest BCUT2D eigenvalue weighted by Gasteiger charge is -1.98. The van der Waals surface area contributed by atoms with Gasteiger partial charge in [0.05, 0.1) is 10.7 Å². The molecule has 0 aliphatic rings. The second-order valence-corrected chi connectivity index (χ2v) is 5.24. The standard InChI is InChI=1S/C13H12ClNO2S/c1-2-5-10-11(13(16)17)18-12(15-10)8-6-3-4-7-9(8)14/h3-4,6-7H,2,5H2,1H3,(H,16,17). The minimum Gasteiger partial charge on any atom is -0.477 e. The lowest BCUT2D eigenvalue weighted by atomic mass is 10.2. The van der Waals surface area contributed by atoms with Crippen LogP contribution < -0.4 is 0 Å². The molecule has 1 aromatic heterocycles. The quantitative estimate of drug-likeness (QED) is 0.917. The van der Waals surface area contributed by atoms with Crippen LogP contribution in [0.15, 0.2) is 24.3 Å². The van der Waals surface area contributed by atoms with Crippen LogP contribution in [0.5, 0.6) is 0 Å². The first-order valence-corrected chi connectivity index (χ1v) is 6.80. The Bertz CT molecular complexity index is 580. The van der Waals surface area contributed by atoms with Gasteiger partial charge in [0.1, 0.15) is 9.88 Å². The third-order valence-corrected chi connectivity index (χ3v) is 3.93. The first-order chi connectivity index (χ1) is 8.63. The molecule has 0 aliphatic heterocycles. The van der Waals surface area contributed by atoms with Crippen LogP contribution in [-0.4, -0.2) is 16.1 Å². The topological polar surface area (TPSA) is 50.2 Å². The van der Waals surface area contributed by atoms with Crippen LogP contribution >= 0.6 is 22.9 Å². The number of aryl methyl sites for hydroxylation is 1. The highest BCUT2D eigenvalue weighted by atomic mass is 35.5. The fourth-order valence-electron chi connectivity index (χ4n) is 1.67. The van der Waals surface area contributed by atoms with Crippen LogP contribution in [0, 0.1) is 0 Å². The summed E-state index contributed by atoms with van der Waals surface area (Å²) in [7, 11) is 0. The summed E-state index contributed by atoms with van der Waals surface area (Å²) in [6.07, 6.45) is 1.54. The number of thiazole rings is 1. The number of hydrogen-bond donors (Lipinski definition) is 1. The Labute approximate surface area is 114 Å². The van der Waals surface area contributed by atoms with Gasteiger partial charge < -0.3 is 5.11 Å². The molecule has 5 heteroatoms. The summed E-state index contributed by atoms with van der Waals surface area (Å²) in [6.45, 7) is 2.00. The smallest absolute Gasteiger partial charge is 0.347 e. The van der Waals surface area contributed by atoms with Crippen LogP contribution in [0.25, 0.3) is 10.6 Å². The maximum Gasteiger partial charge on any atom is 0.347 e. The van der Waals surface area contributed by atoms with Crippen molar-refractivity contribution in [2.75, 3.05) is 0 Å². The summed E-state index contributed by atoms with van der Waals surface area (Å²) >= 11 is 7.28. The van der Waals surface area contributed by atoms with Crippen LogP contribution in [0.4, 0.5) is 0 Å². The molecule has 1 N–H and O–H groups in total. The zero-order valence-electron chi connectivity index (χ0n) is 9.81. The van der Waals surface area contributed by atoms with E-state index in [4.69, 9.17) is 16.7 Å². The number of carboxylic acid groups (broad SMARTS) is 1. The highest BCUT2D eigenvalue weighted by molar-refractivity contribution is 7.17. The number of carbonyl (C=O) groups is 1. The highest BCUT2D eigenvalue weighted by Crippen LogP contribution is 2.33. The number of carboxylic acids is 1. The largest absolute Gasteiger partial charge is 0.477 e. The van der Waals surface area contributed by atoms with Crippen molar-refractivity contribution in [3.05, 3.63) is 39.9 Å². The average molecular weight is 282 g/mol. The van der Waals surface area contributed by atoms with Crippen molar-refractivity contribution < 1.29 is 9.90 Å². The van der Waals surface area contributed by atoms with Gasteiger partial charge in [-0.15, -0.1) is 11.3 Å². The number of aromatic nitrogens is 1. The minimum absolute atomic E-state index is 0.312. The molecule has 0 aliphatic carbocycles. The maximum atomic E-state index is 11.2. The van der Waals surface area contributed by atoms with Gasteiger partial charge in [0.2, 0.25) is 0 Å². The molecule has 0 saturated heterocycles. The molecular weight excluding hydrogens is 270 g/mol. The van der Waals surface area contributed by atoms with E-state index in [1.807, 2.05) is 25.1 Å². The molecule has 94 valence electrons. The molecule has 0 atom stereocenters. The van der Waals surface area contributed by atoms with Crippen molar-refractivity contribution in [1.82, 2.24) is 4.98 Å². The molecule has 0 spiro atoms. The summed E-state index contributed by atoms with van der Waals surface area (Å²) < 4.78 is 0. The molecule has 0 amide bonds. The van der Waals surface area contributed by atoms with Gasteiger partial charge in [0.15, 0.2) is 0 Å². The molecular formula is C13H12ClNO2S. The van der Waals surface area contributed by atoms with Gasteiger partial charge in [-0.25, -0.2) is 9.78 Å². The summed E-state index contributed by atoms with van der Waals surface area (Å²) in [5.74, 6) is -0.922. The molecule has 18 heavy (non-hydrogen) atoms. The third kappa shape index (κ3) is 2.54. The van der Waals surface area contributed by atoms with E-state index in [2.05, 4.69) is 4.98 Å². The Morgan fingerprint density at radius 1 is 1.44 bits per heavy atom. The summed E-state index contributed by atoms with van der Waals surface area (Å²) in [6, 6.07) is 7.33. The monoisotopic (exact) mass is 281 g/mol. The predicted molar refractivity (Wildman–Crippen MR) is 73.5 cm³/mol. The van der Waals surface area contributed by atoms with Gasteiger partial charge in [-0.2, -0.15) is 0 Å². The van der Waals surface area contributed by atoms with E-state index in [0.717, 1.165) is 12.0 Å². The van der Waals surface area contributed by atoms with Gasteiger partial charge in [-0.1, -0.05) is 43.1 Å². The van der Waals surface area contributed by atoms with Crippen molar-refractivity contribution in [2.24, 2.45) is 0 Å². The second kappa shape index (κ2) is 5.50. The molecule has 0 saturated carbocycles. The molecule has 0 fully saturated rings. The zero-order chi connectivity index (χ0) is 13.1. The lowest BCUT2D eigenvalue weighted by Crippen LogP contribution is -1.98. The van der Waals surface area contributed by atoms with E-state index in [1.54, 1.807) is 6.07 Å². The van der Waals surface area contributed by atoms with E-state index < -0.39 is 5.97 Å². The Balaban J connectivity index is 2.50. The number of nitrogens with zero attached hydrogens (tertiary/aromatic N) is 1. The Morgan fingerprint density at radius 3 is 2.78 bits per heavy atom. The normalized spacial score (nSPS) is 10.6.